The summed E-state index contributed by atoms with van der Waals surface area (Å²) in [6, 6.07) is 7.77. The highest BCUT2D eigenvalue weighted by molar-refractivity contribution is 5.74. The topological polar surface area (TPSA) is 137 Å². The minimum Gasteiger partial charge on any atom is -0.508 e. The maximum Gasteiger partial charge on any atom is 0.182 e. The fourth-order valence-electron chi connectivity index (χ4n) is 3.55. The summed E-state index contributed by atoms with van der Waals surface area (Å²) >= 11 is 0. The van der Waals surface area contributed by atoms with Crippen LogP contribution in [0.3, 0.4) is 0 Å². The lowest BCUT2D eigenvalue weighted by molar-refractivity contribution is 0.443. The van der Waals surface area contributed by atoms with E-state index in [0.717, 1.165) is 6.42 Å². The van der Waals surface area contributed by atoms with Gasteiger partial charge in [-0.2, -0.15) is 5.10 Å². The normalized spacial score (nSPS) is 11.3. The standard InChI is InChI=1S/C25H27N5O4/c1-13(2)10-12-30-18(9-11-26-30)25-28-23(16-5-7-19(31)14(3)21(16)33)27-24(29-25)17-6-8-20(32)15(4)22(17)34/h5-9,11,13,31-34H,10,12H2,1-4H3. The van der Waals surface area contributed by atoms with Crippen LogP contribution in [0.4, 0.5) is 0 Å². The molecule has 0 saturated carbocycles. The van der Waals surface area contributed by atoms with Gasteiger partial charge in [-0.3, -0.25) is 4.68 Å². The maximum absolute atomic E-state index is 10.7. The van der Waals surface area contributed by atoms with Crippen molar-refractivity contribution in [2.45, 2.75) is 40.7 Å². The number of aryl methyl sites for hydroxylation is 1. The SMILES string of the molecule is Cc1c(O)ccc(-c2nc(-c3ccc(O)c(C)c3O)nc(-c3ccnn3CCC(C)C)n2)c1O. The first-order chi connectivity index (χ1) is 16.2. The van der Waals surface area contributed by atoms with Crippen LogP contribution in [0.1, 0.15) is 31.4 Å². The molecule has 0 spiro atoms. The fourth-order valence-corrected chi connectivity index (χ4v) is 3.55. The van der Waals surface area contributed by atoms with Gasteiger partial charge < -0.3 is 20.4 Å². The van der Waals surface area contributed by atoms with Crippen molar-refractivity contribution in [2.24, 2.45) is 5.92 Å². The van der Waals surface area contributed by atoms with Gasteiger partial charge in [0.15, 0.2) is 17.5 Å². The van der Waals surface area contributed by atoms with Crippen LogP contribution in [-0.2, 0) is 6.54 Å². The Hall–Kier alpha value is -4.14. The predicted molar refractivity (Wildman–Crippen MR) is 128 cm³/mol. The number of phenols is 4. The first kappa shape index (κ1) is 23.0. The molecule has 2 aromatic carbocycles. The molecule has 9 heteroatoms. The molecular formula is C25H27N5O4. The molecule has 0 aliphatic heterocycles. The third kappa shape index (κ3) is 4.24. The Morgan fingerprint density at radius 2 is 1.24 bits per heavy atom. The van der Waals surface area contributed by atoms with E-state index < -0.39 is 0 Å². The van der Waals surface area contributed by atoms with E-state index >= 15 is 0 Å². The molecule has 0 radical (unpaired) electrons. The predicted octanol–water partition coefficient (Wildman–Crippen LogP) is 4.55. The van der Waals surface area contributed by atoms with Gasteiger partial charge in [-0.25, -0.2) is 15.0 Å². The smallest absolute Gasteiger partial charge is 0.182 e. The average molecular weight is 462 g/mol. The summed E-state index contributed by atoms with van der Waals surface area (Å²) in [6.07, 6.45) is 2.58. The van der Waals surface area contributed by atoms with Gasteiger partial charge in [-0.1, -0.05) is 13.8 Å². The Morgan fingerprint density at radius 1 is 0.735 bits per heavy atom. The van der Waals surface area contributed by atoms with Crippen LogP contribution >= 0.6 is 0 Å². The molecule has 4 N–H and O–H groups in total. The number of hydrogen-bond acceptors (Lipinski definition) is 8. The van der Waals surface area contributed by atoms with Crippen molar-refractivity contribution in [3.05, 3.63) is 47.7 Å². The molecular weight excluding hydrogens is 434 g/mol. The van der Waals surface area contributed by atoms with Gasteiger partial charge in [0.05, 0.1) is 11.1 Å². The molecule has 0 bridgehead atoms. The molecule has 4 aromatic rings. The van der Waals surface area contributed by atoms with Gasteiger partial charge in [0.2, 0.25) is 0 Å². The van der Waals surface area contributed by atoms with E-state index in [4.69, 9.17) is 0 Å². The molecule has 0 aliphatic rings. The molecule has 0 saturated heterocycles. The second-order valence-electron chi connectivity index (χ2n) is 8.64. The number of hydrogen-bond donors (Lipinski definition) is 4. The number of aromatic hydroxyl groups is 4. The van der Waals surface area contributed by atoms with Gasteiger partial charge in [0.25, 0.3) is 0 Å². The quantitative estimate of drug-likeness (QED) is 0.328. The zero-order valence-corrected chi connectivity index (χ0v) is 19.5. The van der Waals surface area contributed by atoms with Gasteiger partial charge >= 0.3 is 0 Å². The first-order valence-electron chi connectivity index (χ1n) is 11.0. The lowest BCUT2D eigenvalue weighted by Crippen LogP contribution is -2.08. The summed E-state index contributed by atoms with van der Waals surface area (Å²) in [4.78, 5) is 13.7. The van der Waals surface area contributed by atoms with Crippen molar-refractivity contribution in [1.82, 2.24) is 24.7 Å². The molecule has 176 valence electrons. The van der Waals surface area contributed by atoms with E-state index in [2.05, 4.69) is 33.9 Å². The highest BCUT2D eigenvalue weighted by Crippen LogP contribution is 2.38. The van der Waals surface area contributed by atoms with Crippen LogP contribution in [0.2, 0.25) is 0 Å². The Balaban J connectivity index is 1.94. The molecule has 0 aliphatic carbocycles. The molecule has 0 amide bonds. The highest BCUT2D eigenvalue weighted by Gasteiger charge is 2.21. The van der Waals surface area contributed by atoms with E-state index in [0.29, 0.717) is 46.2 Å². The van der Waals surface area contributed by atoms with E-state index in [-0.39, 0.29) is 34.6 Å². The first-order valence-corrected chi connectivity index (χ1v) is 11.0. The van der Waals surface area contributed by atoms with Crippen LogP contribution in [0.25, 0.3) is 34.3 Å². The molecule has 0 fully saturated rings. The number of benzene rings is 2. The summed E-state index contributed by atoms with van der Waals surface area (Å²) < 4.78 is 1.81. The molecule has 2 heterocycles. The summed E-state index contributed by atoms with van der Waals surface area (Å²) in [7, 11) is 0. The van der Waals surface area contributed by atoms with Crippen LogP contribution in [0.15, 0.2) is 36.5 Å². The van der Waals surface area contributed by atoms with Crippen molar-refractivity contribution in [1.29, 1.82) is 0 Å². The Labute approximate surface area is 197 Å². The highest BCUT2D eigenvalue weighted by atomic mass is 16.3. The van der Waals surface area contributed by atoms with Crippen molar-refractivity contribution in [2.75, 3.05) is 0 Å². The molecule has 34 heavy (non-hydrogen) atoms. The van der Waals surface area contributed by atoms with Gasteiger partial charge in [0, 0.05) is 23.9 Å². The summed E-state index contributed by atoms with van der Waals surface area (Å²) in [5, 5.41) is 45.7. The lowest BCUT2D eigenvalue weighted by atomic mass is 10.1. The number of rotatable bonds is 6. The van der Waals surface area contributed by atoms with Crippen LogP contribution in [-0.4, -0.2) is 45.2 Å². The van der Waals surface area contributed by atoms with E-state index in [1.807, 2.05) is 4.68 Å². The fraction of sp³-hybridized carbons (Fsp3) is 0.280. The van der Waals surface area contributed by atoms with Crippen molar-refractivity contribution in [3.8, 4) is 57.3 Å². The number of nitrogens with zero attached hydrogens (tertiary/aromatic N) is 5. The lowest BCUT2D eigenvalue weighted by Gasteiger charge is -2.13. The van der Waals surface area contributed by atoms with E-state index in [1.165, 1.54) is 24.3 Å². The van der Waals surface area contributed by atoms with Crippen LogP contribution < -0.4 is 0 Å². The second kappa shape index (κ2) is 9.01. The zero-order chi connectivity index (χ0) is 24.6. The van der Waals surface area contributed by atoms with Gasteiger partial charge in [-0.15, -0.1) is 0 Å². The van der Waals surface area contributed by atoms with Gasteiger partial charge in [0.1, 0.15) is 28.7 Å². The monoisotopic (exact) mass is 461 g/mol. The summed E-state index contributed by atoms with van der Waals surface area (Å²) in [6.45, 7) is 8.12. The van der Waals surface area contributed by atoms with Crippen molar-refractivity contribution in [3.63, 3.8) is 0 Å². The van der Waals surface area contributed by atoms with Gasteiger partial charge in [-0.05, 0) is 56.5 Å². The largest absolute Gasteiger partial charge is 0.508 e. The molecule has 9 nitrogen and oxygen atoms in total. The molecule has 4 rings (SSSR count). The van der Waals surface area contributed by atoms with Crippen molar-refractivity contribution >= 4 is 0 Å². The summed E-state index contributed by atoms with van der Waals surface area (Å²) in [5.74, 6) is 0.741. The minimum absolute atomic E-state index is 0.0469. The summed E-state index contributed by atoms with van der Waals surface area (Å²) in [5.41, 5.74) is 1.88. The third-order valence-electron chi connectivity index (χ3n) is 5.79. The number of phenolic OH excluding ortho intramolecular Hbond substituents is 4. The van der Waals surface area contributed by atoms with E-state index in [9.17, 15) is 20.4 Å². The Morgan fingerprint density at radius 3 is 1.74 bits per heavy atom. The molecule has 0 atom stereocenters. The van der Waals surface area contributed by atoms with Crippen LogP contribution in [0.5, 0.6) is 23.0 Å². The minimum atomic E-state index is -0.150. The zero-order valence-electron chi connectivity index (χ0n) is 19.5. The van der Waals surface area contributed by atoms with E-state index in [1.54, 1.807) is 26.1 Å². The Kier molecular flexibility index (Phi) is 6.10. The maximum atomic E-state index is 10.7. The third-order valence-corrected chi connectivity index (χ3v) is 5.79. The second-order valence-corrected chi connectivity index (χ2v) is 8.64. The number of aromatic nitrogens is 5. The Bertz CT molecular complexity index is 1290. The van der Waals surface area contributed by atoms with Crippen molar-refractivity contribution < 1.29 is 20.4 Å². The molecule has 0 unspecified atom stereocenters. The molecule has 2 aromatic heterocycles. The van der Waals surface area contributed by atoms with Crippen LogP contribution in [0, 0.1) is 19.8 Å². The average Bonchev–Trinajstić information content (AvgIpc) is 3.28.